The summed E-state index contributed by atoms with van der Waals surface area (Å²) in [5, 5.41) is 18.1. The van der Waals surface area contributed by atoms with Crippen molar-refractivity contribution in [2.75, 3.05) is 10.8 Å². The number of benzene rings is 2. The van der Waals surface area contributed by atoms with Gasteiger partial charge in [-0.3, -0.25) is 9.10 Å². The molecule has 2 N–H and O–H groups in total. The van der Waals surface area contributed by atoms with Gasteiger partial charge in [0.05, 0.1) is 22.7 Å². The fourth-order valence-corrected chi connectivity index (χ4v) is 4.37. The lowest BCUT2D eigenvalue weighted by atomic mass is 10.2. The second-order valence-electron chi connectivity index (χ2n) is 5.15. The Morgan fingerprint density at radius 2 is 1.73 bits per heavy atom. The van der Waals surface area contributed by atoms with Crippen LogP contribution >= 0.6 is 23.2 Å². The Labute approximate surface area is 159 Å². The first-order valence-corrected chi connectivity index (χ1v) is 9.35. The molecule has 0 heterocycles. The summed E-state index contributed by atoms with van der Waals surface area (Å²) < 4.78 is 26.9. The molecule has 7 nitrogen and oxygen atoms in total. The van der Waals surface area contributed by atoms with E-state index in [4.69, 9.17) is 33.4 Å². The molecule has 2 rings (SSSR count). The number of sulfonamides is 1. The summed E-state index contributed by atoms with van der Waals surface area (Å²) in [6, 6.07) is 9.02. The number of anilines is 1. The molecule has 10 heteroatoms. The molecular weight excluding hydrogens is 405 g/mol. The number of halogens is 2. The normalized spacial score (nSPS) is 11.2. The molecule has 26 heavy (non-hydrogen) atoms. The maximum atomic E-state index is 13.0. The fraction of sp³-hybridized carbons (Fsp3) is 0.125. The number of carboxylic acid groups (broad SMARTS) is 2. The Bertz CT molecular complexity index is 961. The third kappa shape index (κ3) is 4.46. The number of hydrogen-bond donors (Lipinski definition) is 2. The van der Waals surface area contributed by atoms with Gasteiger partial charge < -0.3 is 10.2 Å². The average molecular weight is 418 g/mol. The summed E-state index contributed by atoms with van der Waals surface area (Å²) in [5.41, 5.74) is -0.141. The first-order chi connectivity index (χ1) is 12.1. The number of nitrogens with zero attached hydrogens (tertiary/aromatic N) is 1. The van der Waals surface area contributed by atoms with Gasteiger partial charge in [0.2, 0.25) is 0 Å². The highest BCUT2D eigenvalue weighted by atomic mass is 35.5. The van der Waals surface area contributed by atoms with Gasteiger partial charge in [-0.05, 0) is 36.4 Å². The minimum Gasteiger partial charge on any atom is -0.481 e. The van der Waals surface area contributed by atoms with Gasteiger partial charge in [0.1, 0.15) is 4.90 Å². The molecule has 0 fully saturated rings. The zero-order valence-electron chi connectivity index (χ0n) is 13.1. The number of aromatic carboxylic acids is 1. The van der Waals surface area contributed by atoms with E-state index < -0.39 is 34.9 Å². The quantitative estimate of drug-likeness (QED) is 0.713. The molecule has 0 radical (unpaired) electrons. The molecule has 2 aromatic rings. The molecule has 0 aromatic heterocycles. The van der Waals surface area contributed by atoms with Crippen LogP contribution in [0.25, 0.3) is 0 Å². The highest BCUT2D eigenvalue weighted by molar-refractivity contribution is 7.93. The molecule has 0 aliphatic rings. The number of aliphatic carboxylic acids is 1. The molecule has 0 unspecified atom stereocenters. The molecule has 0 atom stereocenters. The topological polar surface area (TPSA) is 112 Å². The van der Waals surface area contributed by atoms with Gasteiger partial charge in [-0.1, -0.05) is 29.3 Å². The van der Waals surface area contributed by atoms with Crippen LogP contribution in [-0.4, -0.2) is 37.1 Å². The second-order valence-corrected chi connectivity index (χ2v) is 7.83. The van der Waals surface area contributed by atoms with E-state index in [0.29, 0.717) is 0 Å². The molecule has 138 valence electrons. The first-order valence-electron chi connectivity index (χ1n) is 7.16. The zero-order valence-corrected chi connectivity index (χ0v) is 15.4. The minimum atomic E-state index is -4.28. The van der Waals surface area contributed by atoms with E-state index in [1.54, 1.807) is 0 Å². The van der Waals surface area contributed by atoms with Crippen molar-refractivity contribution in [1.82, 2.24) is 0 Å². The molecule has 0 aliphatic heterocycles. The van der Waals surface area contributed by atoms with Crippen molar-refractivity contribution < 1.29 is 28.2 Å². The molecule has 0 amide bonds. The van der Waals surface area contributed by atoms with Crippen molar-refractivity contribution in [2.24, 2.45) is 0 Å². The van der Waals surface area contributed by atoms with Crippen molar-refractivity contribution in [1.29, 1.82) is 0 Å². The Morgan fingerprint density at radius 3 is 2.35 bits per heavy atom. The van der Waals surface area contributed by atoms with Gasteiger partial charge in [0.25, 0.3) is 10.0 Å². The van der Waals surface area contributed by atoms with Gasteiger partial charge in [-0.25, -0.2) is 13.2 Å². The number of rotatable bonds is 7. The summed E-state index contributed by atoms with van der Waals surface area (Å²) in [7, 11) is -4.28. The predicted octanol–water partition coefficient (Wildman–Crippen LogP) is 3.36. The van der Waals surface area contributed by atoms with Crippen molar-refractivity contribution in [3.63, 3.8) is 0 Å². The van der Waals surface area contributed by atoms with E-state index in [1.165, 1.54) is 30.3 Å². The van der Waals surface area contributed by atoms with E-state index in [2.05, 4.69) is 0 Å². The van der Waals surface area contributed by atoms with Gasteiger partial charge in [-0.2, -0.15) is 0 Å². The molecule has 0 spiro atoms. The molecule has 0 saturated carbocycles. The summed E-state index contributed by atoms with van der Waals surface area (Å²) >= 11 is 11.8. The monoisotopic (exact) mass is 417 g/mol. The van der Waals surface area contributed by atoms with E-state index in [-0.39, 0.29) is 26.2 Å². The maximum Gasteiger partial charge on any atom is 0.335 e. The Hall–Kier alpha value is -2.29. The largest absolute Gasteiger partial charge is 0.481 e. The molecular formula is C16H13Cl2NO6S. The SMILES string of the molecule is O=C(O)CCN(c1cccc(C(=O)O)c1)S(=O)(=O)c1cc(Cl)ccc1Cl. The predicted molar refractivity (Wildman–Crippen MR) is 96.6 cm³/mol. The second kappa shape index (κ2) is 7.94. The van der Waals surface area contributed by atoms with Crippen LogP contribution in [0.15, 0.2) is 47.4 Å². The van der Waals surface area contributed by atoms with E-state index in [0.717, 1.165) is 16.4 Å². The smallest absolute Gasteiger partial charge is 0.335 e. The number of carbonyl (C=O) groups is 2. The van der Waals surface area contributed by atoms with Crippen LogP contribution in [0.3, 0.4) is 0 Å². The Balaban J connectivity index is 2.60. The van der Waals surface area contributed by atoms with Gasteiger partial charge in [0.15, 0.2) is 0 Å². The van der Waals surface area contributed by atoms with Gasteiger partial charge >= 0.3 is 11.9 Å². The van der Waals surface area contributed by atoms with Crippen molar-refractivity contribution >= 4 is 50.9 Å². The zero-order chi connectivity index (χ0) is 19.5. The van der Waals surface area contributed by atoms with E-state index in [1.807, 2.05) is 0 Å². The lowest BCUT2D eigenvalue weighted by Crippen LogP contribution is -2.33. The fourth-order valence-electron chi connectivity index (χ4n) is 2.17. The Kier molecular flexibility index (Phi) is 6.12. The maximum absolute atomic E-state index is 13.0. The van der Waals surface area contributed by atoms with Gasteiger partial charge in [-0.15, -0.1) is 0 Å². The minimum absolute atomic E-state index is 0.00203. The van der Waals surface area contributed by atoms with Crippen molar-refractivity contribution in [3.05, 3.63) is 58.1 Å². The van der Waals surface area contributed by atoms with Crippen LogP contribution in [0, 0.1) is 0 Å². The van der Waals surface area contributed by atoms with Crippen LogP contribution < -0.4 is 4.31 Å². The van der Waals surface area contributed by atoms with Crippen LogP contribution in [0.2, 0.25) is 10.0 Å². The van der Waals surface area contributed by atoms with Gasteiger partial charge in [0, 0.05) is 11.6 Å². The van der Waals surface area contributed by atoms with E-state index in [9.17, 15) is 18.0 Å². The van der Waals surface area contributed by atoms with Crippen LogP contribution in [-0.2, 0) is 14.8 Å². The summed E-state index contributed by atoms with van der Waals surface area (Å²) in [4.78, 5) is 21.8. The lowest BCUT2D eigenvalue weighted by Gasteiger charge is -2.24. The van der Waals surface area contributed by atoms with Crippen LogP contribution in [0.5, 0.6) is 0 Å². The highest BCUT2D eigenvalue weighted by Gasteiger charge is 2.28. The average Bonchev–Trinajstić information content (AvgIpc) is 2.57. The van der Waals surface area contributed by atoms with E-state index >= 15 is 0 Å². The highest BCUT2D eigenvalue weighted by Crippen LogP contribution is 2.31. The standard InChI is InChI=1S/C16H13Cl2NO6S/c17-11-4-5-13(18)14(9-11)26(24,25)19(7-6-15(20)21)12-3-1-2-10(8-12)16(22)23/h1-5,8-9H,6-7H2,(H,20,21)(H,22,23). The molecule has 2 aromatic carbocycles. The Morgan fingerprint density at radius 1 is 1.04 bits per heavy atom. The number of hydrogen-bond acceptors (Lipinski definition) is 4. The summed E-state index contributed by atoms with van der Waals surface area (Å²) in [6.45, 7) is -0.413. The summed E-state index contributed by atoms with van der Waals surface area (Å²) in [5.74, 6) is -2.46. The third-order valence-corrected chi connectivity index (χ3v) is 5.92. The molecule has 0 bridgehead atoms. The van der Waals surface area contributed by atoms with Crippen LogP contribution in [0.1, 0.15) is 16.8 Å². The third-order valence-electron chi connectivity index (χ3n) is 3.37. The van der Waals surface area contributed by atoms with Crippen molar-refractivity contribution in [3.8, 4) is 0 Å². The lowest BCUT2D eigenvalue weighted by molar-refractivity contribution is -0.136. The molecule has 0 aliphatic carbocycles. The molecule has 0 saturated heterocycles. The summed E-state index contributed by atoms with van der Waals surface area (Å²) in [6.07, 6.45) is -0.491. The van der Waals surface area contributed by atoms with Crippen molar-refractivity contribution in [2.45, 2.75) is 11.3 Å². The van der Waals surface area contributed by atoms with Crippen LogP contribution in [0.4, 0.5) is 5.69 Å². The first kappa shape index (κ1) is 20.0. The number of carboxylic acids is 2.